The van der Waals surface area contributed by atoms with Gasteiger partial charge in [0.2, 0.25) is 0 Å². The number of furan rings is 2. The van der Waals surface area contributed by atoms with E-state index in [1.165, 1.54) is 32.7 Å². The molecule has 0 aliphatic rings. The van der Waals surface area contributed by atoms with E-state index < -0.39 is 0 Å². The van der Waals surface area contributed by atoms with Gasteiger partial charge in [0.25, 0.3) is 0 Å². The lowest BCUT2D eigenvalue weighted by molar-refractivity contribution is 0.670. The molecule has 0 saturated heterocycles. The lowest BCUT2D eigenvalue weighted by atomic mass is 9.96. The van der Waals surface area contributed by atoms with Crippen molar-refractivity contribution < 1.29 is 8.83 Å². The number of nitrogens with zero attached hydrogens (tertiary/aromatic N) is 1. The molecule has 10 aromatic carbocycles. The number of para-hydroxylation sites is 2. The molecule has 12 aromatic rings. The summed E-state index contributed by atoms with van der Waals surface area (Å²) < 4.78 is 13.8. The van der Waals surface area contributed by atoms with Crippen molar-refractivity contribution in [1.29, 1.82) is 0 Å². The van der Waals surface area contributed by atoms with Crippen LogP contribution in [0.4, 0.5) is 17.1 Å². The minimum Gasteiger partial charge on any atom is -0.455 e. The lowest BCUT2D eigenvalue weighted by Crippen LogP contribution is -2.11. The third kappa shape index (κ3) is 5.36. The largest absolute Gasteiger partial charge is 0.455 e. The number of fused-ring (bicyclic) bond motifs is 9. The molecule has 0 amide bonds. The molecule has 0 atom stereocenters. The highest BCUT2D eigenvalue weighted by Crippen LogP contribution is 2.51. The molecule has 0 aliphatic carbocycles. The second-order valence-corrected chi connectivity index (χ2v) is 15.2. The third-order valence-corrected chi connectivity index (χ3v) is 11.9. The highest BCUT2D eigenvalue weighted by atomic mass is 16.3. The number of benzene rings is 10. The van der Waals surface area contributed by atoms with Crippen LogP contribution in [0.3, 0.4) is 0 Å². The zero-order valence-electron chi connectivity index (χ0n) is 32.0. The Labute approximate surface area is 340 Å². The Morgan fingerprint density at radius 3 is 1.36 bits per heavy atom. The van der Waals surface area contributed by atoms with Crippen LogP contribution >= 0.6 is 0 Å². The fourth-order valence-electron chi connectivity index (χ4n) is 9.08. The molecule has 3 heteroatoms. The summed E-state index contributed by atoms with van der Waals surface area (Å²) in [5.74, 6) is 0. The van der Waals surface area contributed by atoms with Gasteiger partial charge in [-0.25, -0.2) is 0 Å². The van der Waals surface area contributed by atoms with Crippen molar-refractivity contribution in [3.05, 3.63) is 212 Å². The molecule has 0 spiro atoms. The average Bonchev–Trinajstić information content (AvgIpc) is 3.90. The monoisotopic (exact) mass is 753 g/mol. The maximum atomic E-state index is 6.92. The molecule has 0 radical (unpaired) electrons. The summed E-state index contributed by atoms with van der Waals surface area (Å²) in [5, 5.41) is 9.06. The van der Waals surface area contributed by atoms with Crippen molar-refractivity contribution >= 4 is 82.5 Å². The number of hydrogen-bond acceptors (Lipinski definition) is 3. The Hall–Kier alpha value is -7.88. The van der Waals surface area contributed by atoms with Crippen LogP contribution in [0.5, 0.6) is 0 Å². The van der Waals surface area contributed by atoms with Gasteiger partial charge in [-0.15, -0.1) is 0 Å². The molecule has 2 aromatic heterocycles. The molecule has 3 nitrogen and oxygen atoms in total. The standard InChI is InChI=1S/C56H35NO2/c1-3-13-36(14-4-1)37-23-25-40(26-24-37)45-32-34-50(54-47-20-10-12-22-52(47)59-56(45)54)57(42-30-29-41-28-27-39-17-7-8-18-43(39)48(41)35-42)49-33-31-44(38-15-5-2-6-16-38)55-53(49)46-19-9-11-21-51(46)58-55/h1-35H. The first kappa shape index (κ1) is 33.3. The summed E-state index contributed by atoms with van der Waals surface area (Å²) in [7, 11) is 0. The van der Waals surface area contributed by atoms with Crippen LogP contribution in [0.1, 0.15) is 0 Å². The van der Waals surface area contributed by atoms with Crippen molar-refractivity contribution in [3.8, 4) is 33.4 Å². The first-order valence-electron chi connectivity index (χ1n) is 20.1. The van der Waals surface area contributed by atoms with Crippen LogP contribution in [0.2, 0.25) is 0 Å². The normalized spacial score (nSPS) is 11.7. The summed E-state index contributed by atoms with van der Waals surface area (Å²) in [6.07, 6.45) is 0. The lowest BCUT2D eigenvalue weighted by Gasteiger charge is -2.28. The van der Waals surface area contributed by atoms with Crippen molar-refractivity contribution in [2.75, 3.05) is 4.90 Å². The highest BCUT2D eigenvalue weighted by molar-refractivity contribution is 6.22. The van der Waals surface area contributed by atoms with E-state index >= 15 is 0 Å². The maximum absolute atomic E-state index is 6.92. The zero-order chi connectivity index (χ0) is 38.9. The van der Waals surface area contributed by atoms with Gasteiger partial charge in [0.1, 0.15) is 22.3 Å². The van der Waals surface area contributed by atoms with Crippen LogP contribution in [0, 0.1) is 0 Å². The second kappa shape index (κ2) is 13.4. The Morgan fingerprint density at radius 2 is 0.746 bits per heavy atom. The Kier molecular flexibility index (Phi) is 7.54. The molecular weight excluding hydrogens is 719 g/mol. The quantitative estimate of drug-likeness (QED) is 0.158. The van der Waals surface area contributed by atoms with E-state index in [9.17, 15) is 0 Å². The van der Waals surface area contributed by atoms with Crippen LogP contribution in [0.25, 0.3) is 98.8 Å². The Balaban J connectivity index is 1.17. The zero-order valence-corrected chi connectivity index (χ0v) is 32.0. The first-order valence-corrected chi connectivity index (χ1v) is 20.1. The first-order chi connectivity index (χ1) is 29.3. The SMILES string of the molecule is c1ccc(-c2ccc(-c3ccc(N(c4ccc5ccc6ccccc6c5c4)c4ccc(-c5ccccc5)c5oc6ccccc6c45)c4c3oc3ccccc34)cc2)cc1. The predicted molar refractivity (Wildman–Crippen MR) is 247 cm³/mol. The van der Waals surface area contributed by atoms with E-state index in [1.807, 2.05) is 12.1 Å². The fourth-order valence-corrected chi connectivity index (χ4v) is 9.08. The van der Waals surface area contributed by atoms with Crippen molar-refractivity contribution in [2.24, 2.45) is 0 Å². The predicted octanol–water partition coefficient (Wildman–Crippen LogP) is 16.3. The van der Waals surface area contributed by atoms with Gasteiger partial charge >= 0.3 is 0 Å². The number of hydrogen-bond donors (Lipinski definition) is 0. The van der Waals surface area contributed by atoms with E-state index in [2.05, 4.69) is 205 Å². The van der Waals surface area contributed by atoms with E-state index in [1.54, 1.807) is 0 Å². The molecule has 0 saturated carbocycles. The molecule has 2 heterocycles. The highest BCUT2D eigenvalue weighted by Gasteiger charge is 2.26. The van der Waals surface area contributed by atoms with Gasteiger partial charge in [0, 0.05) is 27.6 Å². The summed E-state index contributed by atoms with van der Waals surface area (Å²) in [4.78, 5) is 2.42. The van der Waals surface area contributed by atoms with Crippen LogP contribution < -0.4 is 4.90 Å². The molecule has 0 fully saturated rings. The molecule has 0 bridgehead atoms. The van der Waals surface area contributed by atoms with Crippen LogP contribution in [-0.4, -0.2) is 0 Å². The van der Waals surface area contributed by atoms with Gasteiger partial charge < -0.3 is 13.7 Å². The van der Waals surface area contributed by atoms with Crippen LogP contribution in [0.15, 0.2) is 221 Å². The van der Waals surface area contributed by atoms with Crippen molar-refractivity contribution in [2.45, 2.75) is 0 Å². The van der Waals surface area contributed by atoms with Gasteiger partial charge in [-0.2, -0.15) is 0 Å². The molecule has 59 heavy (non-hydrogen) atoms. The summed E-state index contributed by atoms with van der Waals surface area (Å²) in [6, 6.07) is 75.6. The number of rotatable bonds is 6. The minimum absolute atomic E-state index is 0.847. The van der Waals surface area contributed by atoms with E-state index in [0.29, 0.717) is 0 Å². The summed E-state index contributed by atoms with van der Waals surface area (Å²) in [6.45, 7) is 0. The molecule has 0 aliphatic heterocycles. The van der Waals surface area contributed by atoms with Crippen molar-refractivity contribution in [3.63, 3.8) is 0 Å². The summed E-state index contributed by atoms with van der Waals surface area (Å²) >= 11 is 0. The van der Waals surface area contributed by atoms with Gasteiger partial charge in [0.15, 0.2) is 0 Å². The third-order valence-electron chi connectivity index (χ3n) is 11.9. The smallest absolute Gasteiger partial charge is 0.145 e. The molecule has 0 unspecified atom stereocenters. The second-order valence-electron chi connectivity index (χ2n) is 15.2. The van der Waals surface area contributed by atoms with Gasteiger partial charge in [-0.1, -0.05) is 164 Å². The van der Waals surface area contributed by atoms with Gasteiger partial charge in [-0.3, -0.25) is 0 Å². The average molecular weight is 754 g/mol. The van der Waals surface area contributed by atoms with E-state index in [4.69, 9.17) is 8.83 Å². The number of anilines is 3. The van der Waals surface area contributed by atoms with Crippen LogP contribution in [-0.2, 0) is 0 Å². The summed E-state index contributed by atoms with van der Waals surface area (Å²) in [5.41, 5.74) is 13.2. The molecular formula is C56H35NO2. The molecule has 276 valence electrons. The van der Waals surface area contributed by atoms with E-state index in [-0.39, 0.29) is 0 Å². The van der Waals surface area contributed by atoms with E-state index in [0.717, 1.165) is 83.2 Å². The Morgan fingerprint density at radius 1 is 0.305 bits per heavy atom. The fraction of sp³-hybridized carbons (Fsp3) is 0. The Bertz CT molecular complexity index is 3540. The molecule has 0 N–H and O–H groups in total. The van der Waals surface area contributed by atoms with Gasteiger partial charge in [-0.05, 0) is 92.3 Å². The minimum atomic E-state index is 0.847. The van der Waals surface area contributed by atoms with Gasteiger partial charge in [0.05, 0.1) is 22.1 Å². The topological polar surface area (TPSA) is 29.5 Å². The van der Waals surface area contributed by atoms with Crippen molar-refractivity contribution in [1.82, 2.24) is 0 Å². The molecule has 12 rings (SSSR count). The maximum Gasteiger partial charge on any atom is 0.145 e.